The van der Waals surface area contributed by atoms with E-state index in [0.717, 1.165) is 25.2 Å². The first-order valence-electron chi connectivity index (χ1n) is 5.56. The second-order valence-electron chi connectivity index (χ2n) is 4.48. The smallest absolute Gasteiger partial charge is 0.161 e. The van der Waals surface area contributed by atoms with Gasteiger partial charge in [-0.15, -0.1) is 0 Å². The van der Waals surface area contributed by atoms with Crippen LogP contribution in [-0.4, -0.2) is 29.8 Å². The Morgan fingerprint density at radius 1 is 1.59 bits per heavy atom. The highest BCUT2D eigenvalue weighted by atomic mass is 35.5. The Hall–Kier alpha value is -1.31. The fraction of sp³-hybridized carbons (Fsp3) is 0.500. The summed E-state index contributed by atoms with van der Waals surface area (Å²) in [6.45, 7) is 0.844. The van der Waals surface area contributed by atoms with Gasteiger partial charge >= 0.3 is 0 Å². The predicted molar refractivity (Wildman–Crippen MR) is 66.0 cm³/mol. The van der Waals surface area contributed by atoms with Gasteiger partial charge in [0.25, 0.3) is 0 Å². The van der Waals surface area contributed by atoms with Crippen molar-refractivity contribution in [3.05, 3.63) is 22.8 Å². The van der Waals surface area contributed by atoms with Crippen molar-refractivity contribution in [1.29, 1.82) is 5.26 Å². The van der Waals surface area contributed by atoms with Crippen LogP contribution < -0.4 is 4.90 Å². The molecule has 2 rings (SSSR count). The lowest BCUT2D eigenvalue weighted by Gasteiger charge is -2.34. The Morgan fingerprint density at radius 2 is 2.29 bits per heavy atom. The molecule has 0 spiro atoms. The van der Waals surface area contributed by atoms with Gasteiger partial charge < -0.3 is 10.0 Å². The zero-order chi connectivity index (χ0) is 12.4. The van der Waals surface area contributed by atoms with E-state index < -0.39 is 0 Å². The third kappa shape index (κ3) is 2.68. The summed E-state index contributed by atoms with van der Waals surface area (Å²) < 4.78 is 0. The minimum atomic E-state index is -0.138. The number of aromatic nitrogens is 1. The van der Waals surface area contributed by atoms with Crippen LogP contribution >= 0.6 is 11.6 Å². The third-order valence-corrected chi connectivity index (χ3v) is 3.38. The second kappa shape index (κ2) is 4.91. The van der Waals surface area contributed by atoms with Crippen LogP contribution in [0.3, 0.4) is 0 Å². The van der Waals surface area contributed by atoms with Crippen LogP contribution in [0, 0.1) is 17.2 Å². The van der Waals surface area contributed by atoms with Crippen LogP contribution in [0.5, 0.6) is 0 Å². The maximum Gasteiger partial charge on any atom is 0.161 e. The van der Waals surface area contributed by atoms with E-state index in [1.54, 1.807) is 12.1 Å². The lowest BCUT2D eigenvalue weighted by atomic mass is 9.82. The molecule has 0 amide bonds. The number of hydrogen-bond donors (Lipinski definition) is 1. The van der Waals surface area contributed by atoms with Crippen molar-refractivity contribution < 1.29 is 5.11 Å². The number of pyridine rings is 1. The molecular formula is C12H14ClN3O. The predicted octanol–water partition coefficient (Wildman–Crippen LogP) is 1.81. The van der Waals surface area contributed by atoms with Gasteiger partial charge in [0.05, 0.1) is 11.1 Å². The van der Waals surface area contributed by atoms with E-state index in [-0.39, 0.29) is 11.8 Å². The summed E-state index contributed by atoms with van der Waals surface area (Å²) in [7, 11) is 1.93. The van der Waals surface area contributed by atoms with E-state index >= 15 is 0 Å². The summed E-state index contributed by atoms with van der Waals surface area (Å²) in [6.07, 6.45) is 1.56. The molecule has 0 bridgehead atoms. The van der Waals surface area contributed by atoms with Gasteiger partial charge in [-0.3, -0.25) is 0 Å². The molecule has 1 aliphatic rings. The first-order valence-corrected chi connectivity index (χ1v) is 5.93. The highest BCUT2D eigenvalue weighted by molar-refractivity contribution is 6.31. The number of nitrogens with zero attached hydrogens (tertiary/aromatic N) is 3. The van der Waals surface area contributed by atoms with Crippen LogP contribution in [0.25, 0.3) is 0 Å². The van der Waals surface area contributed by atoms with Crippen LogP contribution in [-0.2, 0) is 0 Å². The minimum absolute atomic E-state index is 0.138. The SMILES string of the molecule is CN(CC1CC(O)C1)c1ccc(Cl)c(C#N)n1. The molecule has 17 heavy (non-hydrogen) atoms. The molecule has 5 heteroatoms. The molecule has 90 valence electrons. The third-order valence-electron chi connectivity index (χ3n) is 3.07. The topological polar surface area (TPSA) is 60.1 Å². The Bertz CT molecular complexity index is 452. The molecule has 0 atom stereocenters. The van der Waals surface area contributed by atoms with Gasteiger partial charge in [-0.2, -0.15) is 5.26 Å². The molecule has 0 aromatic carbocycles. The molecule has 1 N–H and O–H groups in total. The van der Waals surface area contributed by atoms with Crippen LogP contribution in [0.1, 0.15) is 18.5 Å². The van der Waals surface area contributed by atoms with Crippen molar-refractivity contribution in [1.82, 2.24) is 4.98 Å². The van der Waals surface area contributed by atoms with E-state index in [9.17, 15) is 5.11 Å². The average Bonchev–Trinajstić information content (AvgIpc) is 2.27. The van der Waals surface area contributed by atoms with Gasteiger partial charge in [-0.25, -0.2) is 4.98 Å². The molecule has 0 radical (unpaired) electrons. The number of rotatable bonds is 3. The van der Waals surface area contributed by atoms with Gasteiger partial charge in [0, 0.05) is 13.6 Å². The molecule has 1 heterocycles. The van der Waals surface area contributed by atoms with Crippen molar-refractivity contribution >= 4 is 17.4 Å². The fourth-order valence-electron chi connectivity index (χ4n) is 2.05. The lowest BCUT2D eigenvalue weighted by Crippen LogP contribution is -2.37. The van der Waals surface area contributed by atoms with E-state index in [0.29, 0.717) is 10.9 Å². The summed E-state index contributed by atoms with van der Waals surface area (Å²) >= 11 is 5.83. The zero-order valence-electron chi connectivity index (χ0n) is 9.60. The maximum absolute atomic E-state index is 9.23. The lowest BCUT2D eigenvalue weighted by molar-refractivity contribution is 0.0464. The second-order valence-corrected chi connectivity index (χ2v) is 4.89. The van der Waals surface area contributed by atoms with E-state index in [1.165, 1.54) is 0 Å². The molecule has 0 saturated heterocycles. The molecular weight excluding hydrogens is 238 g/mol. The number of halogens is 1. The molecule has 1 aromatic rings. The fourth-order valence-corrected chi connectivity index (χ4v) is 2.20. The number of aliphatic hydroxyl groups excluding tert-OH is 1. The van der Waals surface area contributed by atoms with Crippen molar-refractivity contribution in [2.45, 2.75) is 18.9 Å². The quantitative estimate of drug-likeness (QED) is 0.890. The molecule has 4 nitrogen and oxygen atoms in total. The number of nitriles is 1. The standard InChI is InChI=1S/C12H14ClN3O/c1-16(7-8-4-9(17)5-8)12-3-2-10(13)11(6-14)15-12/h2-3,8-9,17H,4-5,7H2,1H3. The summed E-state index contributed by atoms with van der Waals surface area (Å²) in [5.74, 6) is 1.25. The van der Waals surface area contributed by atoms with Crippen molar-refractivity contribution in [3.63, 3.8) is 0 Å². The summed E-state index contributed by atoms with van der Waals surface area (Å²) in [5, 5.41) is 18.5. The molecule has 1 saturated carbocycles. The van der Waals surface area contributed by atoms with Crippen molar-refractivity contribution in [3.8, 4) is 6.07 Å². The van der Waals surface area contributed by atoms with Crippen molar-refractivity contribution in [2.75, 3.05) is 18.5 Å². The first kappa shape index (κ1) is 12.2. The molecule has 1 aliphatic carbocycles. The van der Waals surface area contributed by atoms with Gasteiger partial charge in [-0.05, 0) is 30.9 Å². The Morgan fingerprint density at radius 3 is 2.88 bits per heavy atom. The molecule has 1 fully saturated rings. The number of anilines is 1. The van der Waals surface area contributed by atoms with E-state index in [1.807, 2.05) is 18.0 Å². The van der Waals surface area contributed by atoms with Gasteiger partial charge in [0.15, 0.2) is 5.69 Å². The maximum atomic E-state index is 9.23. The van der Waals surface area contributed by atoms with Gasteiger partial charge in [0.1, 0.15) is 11.9 Å². The first-order chi connectivity index (χ1) is 8.10. The minimum Gasteiger partial charge on any atom is -0.393 e. The van der Waals surface area contributed by atoms with Gasteiger partial charge in [-0.1, -0.05) is 11.6 Å². The summed E-state index contributed by atoms with van der Waals surface area (Å²) in [4.78, 5) is 6.19. The van der Waals surface area contributed by atoms with Gasteiger partial charge in [0.2, 0.25) is 0 Å². The summed E-state index contributed by atoms with van der Waals surface area (Å²) in [6, 6.07) is 5.46. The number of aliphatic hydroxyl groups is 1. The Labute approximate surface area is 105 Å². The number of hydrogen-bond acceptors (Lipinski definition) is 4. The average molecular weight is 252 g/mol. The van der Waals surface area contributed by atoms with Crippen LogP contribution in [0.2, 0.25) is 5.02 Å². The van der Waals surface area contributed by atoms with Crippen molar-refractivity contribution in [2.24, 2.45) is 5.92 Å². The zero-order valence-corrected chi connectivity index (χ0v) is 10.4. The molecule has 0 aliphatic heterocycles. The largest absolute Gasteiger partial charge is 0.393 e. The molecule has 0 unspecified atom stereocenters. The Balaban J connectivity index is 2.04. The summed E-state index contributed by atoms with van der Waals surface area (Å²) in [5.41, 5.74) is 0.254. The normalized spacial score (nSPS) is 22.7. The van der Waals surface area contributed by atoms with E-state index in [4.69, 9.17) is 16.9 Å². The highest BCUT2D eigenvalue weighted by Gasteiger charge is 2.28. The van der Waals surface area contributed by atoms with Crippen LogP contribution in [0.15, 0.2) is 12.1 Å². The molecule has 1 aromatic heterocycles. The Kier molecular flexibility index (Phi) is 3.51. The van der Waals surface area contributed by atoms with Crippen LogP contribution in [0.4, 0.5) is 5.82 Å². The monoisotopic (exact) mass is 251 g/mol. The highest BCUT2D eigenvalue weighted by Crippen LogP contribution is 2.29. The van der Waals surface area contributed by atoms with E-state index in [2.05, 4.69) is 4.98 Å².